The van der Waals surface area contributed by atoms with Gasteiger partial charge in [-0.3, -0.25) is 4.90 Å². The quantitative estimate of drug-likeness (QED) is 0.767. The minimum Gasteiger partial charge on any atom is -0.492 e. The number of carbonyl (C=O) groups is 1. The van der Waals surface area contributed by atoms with E-state index in [2.05, 4.69) is 15.5 Å². The first-order valence-corrected chi connectivity index (χ1v) is 10.8. The summed E-state index contributed by atoms with van der Waals surface area (Å²) in [6.07, 6.45) is 5.08. The summed E-state index contributed by atoms with van der Waals surface area (Å²) >= 11 is 12.3. The number of halogens is 2. The molecule has 1 aromatic carbocycles. The number of carbonyl (C=O) groups excluding carboxylic acids is 1. The number of nitrogens with one attached hydrogen (secondary N) is 2. The maximum atomic E-state index is 12.7. The Morgan fingerprint density at radius 2 is 1.93 bits per heavy atom. The number of hydrogen-bond donors (Lipinski definition) is 2. The third kappa shape index (κ3) is 4.06. The number of likely N-dealkylation sites (tertiary alicyclic amines) is 1. The van der Waals surface area contributed by atoms with Crippen LogP contribution in [0, 0.1) is 0 Å². The highest BCUT2D eigenvalue weighted by atomic mass is 35.5. The smallest absolute Gasteiger partial charge is 0.315 e. The monoisotopic (exact) mass is 427 g/mol. The van der Waals surface area contributed by atoms with Gasteiger partial charge in [-0.2, -0.15) is 0 Å². The Balaban J connectivity index is 1.40. The van der Waals surface area contributed by atoms with Crippen molar-refractivity contribution in [2.24, 2.45) is 0 Å². The maximum absolute atomic E-state index is 12.7. The van der Waals surface area contributed by atoms with Gasteiger partial charge in [0.2, 0.25) is 0 Å². The number of hydrogen-bond acceptors (Lipinski definition) is 4. The van der Waals surface area contributed by atoms with E-state index in [1.54, 1.807) is 6.07 Å². The van der Waals surface area contributed by atoms with Crippen molar-refractivity contribution in [1.82, 2.24) is 15.5 Å². The molecule has 0 saturated carbocycles. The lowest BCUT2D eigenvalue weighted by molar-refractivity contribution is -0.0171. The average molecular weight is 428 g/mol. The van der Waals surface area contributed by atoms with E-state index < -0.39 is 0 Å². The first kappa shape index (κ1) is 20.1. The molecule has 1 atom stereocenters. The zero-order chi connectivity index (χ0) is 19.6. The molecular weight excluding hydrogens is 401 g/mol. The molecule has 2 N–H and O–H groups in total. The van der Waals surface area contributed by atoms with Crippen molar-refractivity contribution < 1.29 is 14.3 Å². The molecule has 0 radical (unpaired) electrons. The molecule has 3 heterocycles. The van der Waals surface area contributed by atoms with E-state index in [-0.39, 0.29) is 17.6 Å². The minimum absolute atomic E-state index is 0.0104. The van der Waals surface area contributed by atoms with Gasteiger partial charge in [-0.1, -0.05) is 29.3 Å². The van der Waals surface area contributed by atoms with E-state index in [1.165, 1.54) is 12.8 Å². The molecule has 3 aliphatic heterocycles. The summed E-state index contributed by atoms with van der Waals surface area (Å²) in [5.41, 5.74) is 0.882. The predicted octanol–water partition coefficient (Wildman–Crippen LogP) is 3.76. The second-order valence-electron chi connectivity index (χ2n) is 7.83. The van der Waals surface area contributed by atoms with Crippen LogP contribution in [0.1, 0.15) is 43.7 Å². The third-order valence-corrected chi connectivity index (χ3v) is 6.98. The number of amides is 2. The van der Waals surface area contributed by atoms with Crippen LogP contribution in [-0.2, 0) is 4.74 Å². The molecule has 0 aromatic heterocycles. The average Bonchev–Trinajstić information content (AvgIpc) is 3.26. The summed E-state index contributed by atoms with van der Waals surface area (Å²) in [6.45, 7) is 4.86. The Hall–Kier alpha value is -1.21. The molecule has 154 valence electrons. The van der Waals surface area contributed by atoms with Crippen LogP contribution in [0.2, 0.25) is 10.0 Å². The van der Waals surface area contributed by atoms with Gasteiger partial charge in [-0.15, -0.1) is 0 Å². The number of benzene rings is 1. The molecule has 0 spiro atoms. The van der Waals surface area contributed by atoms with Gasteiger partial charge in [0, 0.05) is 37.3 Å². The summed E-state index contributed by atoms with van der Waals surface area (Å²) in [5, 5.41) is 7.07. The fraction of sp³-hybridized carbons (Fsp3) is 0.650. The summed E-state index contributed by atoms with van der Waals surface area (Å²) < 4.78 is 11.3. The summed E-state index contributed by atoms with van der Waals surface area (Å²) in [4.78, 5) is 15.2. The normalized spacial score (nSPS) is 24.3. The van der Waals surface area contributed by atoms with Crippen LogP contribution in [0.5, 0.6) is 5.75 Å². The van der Waals surface area contributed by atoms with Gasteiger partial charge in [-0.05, 0) is 44.8 Å². The first-order valence-electron chi connectivity index (χ1n) is 10.1. The molecule has 2 saturated heterocycles. The molecule has 0 aliphatic carbocycles. The second-order valence-corrected chi connectivity index (χ2v) is 8.61. The SMILES string of the molecule is O=C(NCC1(N2CCCC2)CCOCC1)NC1CCOc2c1ccc(Cl)c2Cl. The van der Waals surface area contributed by atoms with Crippen LogP contribution >= 0.6 is 23.2 Å². The van der Waals surface area contributed by atoms with Gasteiger partial charge in [0.25, 0.3) is 0 Å². The van der Waals surface area contributed by atoms with Crippen LogP contribution in [-0.4, -0.2) is 55.9 Å². The summed E-state index contributed by atoms with van der Waals surface area (Å²) in [5.74, 6) is 0.573. The highest BCUT2D eigenvalue weighted by Crippen LogP contribution is 2.41. The van der Waals surface area contributed by atoms with Crippen molar-refractivity contribution in [3.63, 3.8) is 0 Å². The largest absolute Gasteiger partial charge is 0.492 e. The van der Waals surface area contributed by atoms with Crippen LogP contribution < -0.4 is 15.4 Å². The predicted molar refractivity (Wildman–Crippen MR) is 109 cm³/mol. The van der Waals surface area contributed by atoms with Crippen LogP contribution in [0.25, 0.3) is 0 Å². The second kappa shape index (κ2) is 8.66. The maximum Gasteiger partial charge on any atom is 0.315 e. The Morgan fingerprint density at radius 1 is 1.18 bits per heavy atom. The third-order valence-electron chi connectivity index (χ3n) is 6.19. The Morgan fingerprint density at radius 3 is 2.68 bits per heavy atom. The molecule has 2 amide bonds. The molecule has 8 heteroatoms. The van der Waals surface area contributed by atoms with Crippen LogP contribution in [0.15, 0.2) is 12.1 Å². The van der Waals surface area contributed by atoms with E-state index in [9.17, 15) is 4.79 Å². The van der Waals surface area contributed by atoms with Crippen molar-refractivity contribution in [3.8, 4) is 5.75 Å². The number of rotatable bonds is 4. The van der Waals surface area contributed by atoms with E-state index in [0.717, 1.165) is 44.7 Å². The fourth-order valence-corrected chi connectivity index (χ4v) is 4.93. The standard InChI is InChI=1S/C20H27Cl2N3O3/c21-15-4-3-14-16(5-10-28-18(14)17(15)22)24-19(26)23-13-20(6-11-27-12-7-20)25-8-1-2-9-25/h3-4,16H,1-2,5-13H2,(H2,23,24,26). The molecule has 2 fully saturated rings. The van der Waals surface area contributed by atoms with E-state index in [1.807, 2.05) is 6.07 Å². The highest BCUT2D eigenvalue weighted by molar-refractivity contribution is 6.43. The number of ether oxygens (including phenoxy) is 2. The van der Waals surface area contributed by atoms with Crippen LogP contribution in [0.3, 0.4) is 0 Å². The molecule has 1 aromatic rings. The van der Waals surface area contributed by atoms with Gasteiger partial charge < -0.3 is 20.1 Å². The molecule has 3 aliphatic rings. The van der Waals surface area contributed by atoms with Gasteiger partial charge in [-0.25, -0.2) is 4.79 Å². The lowest BCUT2D eigenvalue weighted by Gasteiger charge is -2.44. The van der Waals surface area contributed by atoms with Crippen molar-refractivity contribution in [1.29, 1.82) is 0 Å². The highest BCUT2D eigenvalue weighted by Gasteiger charge is 2.40. The molecule has 4 rings (SSSR count). The van der Waals surface area contributed by atoms with E-state index in [0.29, 0.717) is 35.4 Å². The van der Waals surface area contributed by atoms with Crippen molar-refractivity contribution in [3.05, 3.63) is 27.7 Å². The lowest BCUT2D eigenvalue weighted by Crippen LogP contribution is -2.58. The van der Waals surface area contributed by atoms with Crippen molar-refractivity contribution in [2.75, 3.05) is 39.5 Å². The van der Waals surface area contributed by atoms with Gasteiger partial charge in [0.1, 0.15) is 10.8 Å². The van der Waals surface area contributed by atoms with E-state index >= 15 is 0 Å². The summed E-state index contributed by atoms with van der Waals surface area (Å²) in [6, 6.07) is 3.32. The molecule has 0 bridgehead atoms. The topological polar surface area (TPSA) is 62.8 Å². The van der Waals surface area contributed by atoms with Crippen LogP contribution in [0.4, 0.5) is 4.79 Å². The lowest BCUT2D eigenvalue weighted by atomic mass is 9.88. The Bertz CT molecular complexity index is 719. The van der Waals surface area contributed by atoms with Crippen molar-refractivity contribution >= 4 is 29.2 Å². The summed E-state index contributed by atoms with van der Waals surface area (Å²) in [7, 11) is 0. The molecule has 28 heavy (non-hydrogen) atoms. The number of urea groups is 1. The molecule has 1 unspecified atom stereocenters. The van der Waals surface area contributed by atoms with Gasteiger partial charge in [0.05, 0.1) is 17.7 Å². The number of nitrogens with zero attached hydrogens (tertiary/aromatic N) is 1. The zero-order valence-electron chi connectivity index (χ0n) is 15.9. The van der Waals surface area contributed by atoms with E-state index in [4.69, 9.17) is 32.7 Å². The van der Waals surface area contributed by atoms with Gasteiger partial charge >= 0.3 is 6.03 Å². The Kier molecular flexibility index (Phi) is 6.21. The van der Waals surface area contributed by atoms with Crippen molar-refractivity contribution in [2.45, 2.75) is 43.7 Å². The zero-order valence-corrected chi connectivity index (χ0v) is 17.4. The minimum atomic E-state index is -0.158. The Labute approximate surface area is 175 Å². The fourth-order valence-electron chi connectivity index (χ4n) is 4.55. The first-order chi connectivity index (χ1) is 13.6. The molecular formula is C20H27Cl2N3O3. The van der Waals surface area contributed by atoms with Gasteiger partial charge in [0.15, 0.2) is 0 Å². The number of fused-ring (bicyclic) bond motifs is 1. The molecule has 6 nitrogen and oxygen atoms in total.